The number of methoxy groups -OCH3 is 1. The molecule has 10 heteroatoms. The Labute approximate surface area is 197 Å². The number of hydrogen-bond acceptors (Lipinski definition) is 7. The van der Waals surface area contributed by atoms with Gasteiger partial charge in [0, 0.05) is 10.8 Å². The van der Waals surface area contributed by atoms with Crippen LogP contribution in [-0.4, -0.2) is 35.4 Å². The van der Waals surface area contributed by atoms with Gasteiger partial charge < -0.3 is 14.8 Å². The summed E-state index contributed by atoms with van der Waals surface area (Å²) in [5.41, 5.74) is 0.187. The number of thiophene rings is 1. The summed E-state index contributed by atoms with van der Waals surface area (Å²) in [6.07, 6.45) is 0.0668. The standard InChI is InChI=1S/C24H20FN3O5S/c1-3-33-24(31)21-18-13-34-22(26-19(29)11-14-7-9-17(32-2)10-8-14)20(18)23(30)28(27-21)16-6-4-5-15(25)12-16/h4-10,12-13H,3,11H2,1-2H3,(H,26,29). The number of nitrogens with zero attached hydrogens (tertiary/aromatic N) is 2. The maximum Gasteiger partial charge on any atom is 0.359 e. The van der Waals surface area contributed by atoms with E-state index in [2.05, 4.69) is 10.4 Å². The van der Waals surface area contributed by atoms with Crippen molar-refractivity contribution in [3.63, 3.8) is 0 Å². The Kier molecular flexibility index (Phi) is 6.69. The van der Waals surface area contributed by atoms with E-state index >= 15 is 0 Å². The number of hydrogen-bond donors (Lipinski definition) is 1. The number of esters is 1. The SMILES string of the molecule is CCOC(=O)c1nn(-c2cccc(F)c2)c(=O)c2c(NC(=O)Cc3ccc(OC)cc3)scc12. The van der Waals surface area contributed by atoms with E-state index in [9.17, 15) is 18.8 Å². The molecule has 34 heavy (non-hydrogen) atoms. The van der Waals surface area contributed by atoms with Crippen molar-refractivity contribution in [2.75, 3.05) is 19.0 Å². The second-order valence-electron chi connectivity index (χ2n) is 7.19. The summed E-state index contributed by atoms with van der Waals surface area (Å²) in [6.45, 7) is 1.76. The maximum atomic E-state index is 13.8. The van der Waals surface area contributed by atoms with Gasteiger partial charge in [0.05, 0.1) is 31.2 Å². The molecule has 0 aliphatic rings. The Morgan fingerprint density at radius 1 is 1.18 bits per heavy atom. The number of carbonyl (C=O) groups excluding carboxylic acids is 2. The zero-order chi connectivity index (χ0) is 24.2. The third kappa shape index (κ3) is 4.67. The number of benzene rings is 2. The molecule has 8 nitrogen and oxygen atoms in total. The zero-order valence-corrected chi connectivity index (χ0v) is 19.1. The summed E-state index contributed by atoms with van der Waals surface area (Å²) in [5, 5.41) is 9.07. The summed E-state index contributed by atoms with van der Waals surface area (Å²) >= 11 is 1.09. The molecule has 2 heterocycles. The average molecular weight is 482 g/mol. The molecule has 2 aromatic heterocycles. The molecule has 0 atom stereocenters. The summed E-state index contributed by atoms with van der Waals surface area (Å²) in [5.74, 6) is -0.973. The van der Waals surface area contributed by atoms with Gasteiger partial charge in [0.2, 0.25) is 5.91 Å². The Morgan fingerprint density at radius 2 is 1.94 bits per heavy atom. The quantitative estimate of drug-likeness (QED) is 0.401. The lowest BCUT2D eigenvalue weighted by Crippen LogP contribution is -2.25. The Balaban J connectivity index is 1.76. The number of aromatic nitrogens is 2. The third-order valence-electron chi connectivity index (χ3n) is 4.95. The highest BCUT2D eigenvalue weighted by atomic mass is 32.1. The van der Waals surface area contributed by atoms with Crippen molar-refractivity contribution < 1.29 is 23.5 Å². The second kappa shape index (κ2) is 9.84. The molecule has 0 saturated carbocycles. The smallest absolute Gasteiger partial charge is 0.359 e. The molecule has 0 aliphatic heterocycles. The van der Waals surface area contributed by atoms with E-state index in [1.165, 1.54) is 18.2 Å². The van der Waals surface area contributed by atoms with Crippen molar-refractivity contribution >= 4 is 39.0 Å². The highest BCUT2D eigenvalue weighted by Crippen LogP contribution is 2.31. The molecule has 1 N–H and O–H groups in total. The van der Waals surface area contributed by atoms with Crippen molar-refractivity contribution in [1.82, 2.24) is 9.78 Å². The van der Waals surface area contributed by atoms with Crippen LogP contribution < -0.4 is 15.6 Å². The number of halogens is 1. The second-order valence-corrected chi connectivity index (χ2v) is 8.07. The van der Waals surface area contributed by atoms with Crippen LogP contribution in [0.3, 0.4) is 0 Å². The number of nitrogens with one attached hydrogen (secondary N) is 1. The predicted octanol–water partition coefficient (Wildman–Crippen LogP) is 3.95. The third-order valence-corrected chi connectivity index (χ3v) is 5.85. The molecule has 4 rings (SSSR count). The number of rotatable bonds is 7. The van der Waals surface area contributed by atoms with E-state index < -0.39 is 17.3 Å². The minimum atomic E-state index is -0.730. The van der Waals surface area contributed by atoms with Crippen molar-refractivity contribution in [3.8, 4) is 11.4 Å². The van der Waals surface area contributed by atoms with Crippen LogP contribution in [0, 0.1) is 5.82 Å². The van der Waals surface area contributed by atoms with Crippen molar-refractivity contribution in [2.24, 2.45) is 0 Å². The van der Waals surface area contributed by atoms with E-state index in [-0.39, 0.29) is 46.1 Å². The van der Waals surface area contributed by atoms with E-state index in [4.69, 9.17) is 9.47 Å². The molecular formula is C24H20FN3O5S. The largest absolute Gasteiger partial charge is 0.497 e. The van der Waals surface area contributed by atoms with Crippen LogP contribution in [0.25, 0.3) is 16.5 Å². The maximum absolute atomic E-state index is 13.8. The van der Waals surface area contributed by atoms with Gasteiger partial charge in [0.1, 0.15) is 16.6 Å². The van der Waals surface area contributed by atoms with Gasteiger partial charge in [-0.15, -0.1) is 11.3 Å². The van der Waals surface area contributed by atoms with Crippen LogP contribution in [0.2, 0.25) is 0 Å². The molecule has 4 aromatic rings. The highest BCUT2D eigenvalue weighted by Gasteiger charge is 2.23. The molecule has 2 aromatic carbocycles. The van der Waals surface area contributed by atoms with Crippen LogP contribution in [0.4, 0.5) is 9.39 Å². The lowest BCUT2D eigenvalue weighted by Gasteiger charge is -2.10. The normalized spacial score (nSPS) is 10.8. The molecule has 0 aliphatic carbocycles. The first kappa shape index (κ1) is 23.1. The van der Waals surface area contributed by atoms with Gasteiger partial charge in [-0.2, -0.15) is 9.78 Å². The molecule has 1 amide bonds. The fourth-order valence-electron chi connectivity index (χ4n) is 3.37. The monoisotopic (exact) mass is 481 g/mol. The summed E-state index contributed by atoms with van der Waals surface area (Å²) in [4.78, 5) is 38.6. The van der Waals surface area contributed by atoms with Gasteiger partial charge in [0.25, 0.3) is 5.56 Å². The van der Waals surface area contributed by atoms with Gasteiger partial charge >= 0.3 is 5.97 Å². The van der Waals surface area contributed by atoms with E-state index in [1.54, 1.807) is 43.7 Å². The van der Waals surface area contributed by atoms with Crippen molar-refractivity contribution in [1.29, 1.82) is 0 Å². The van der Waals surface area contributed by atoms with E-state index in [0.29, 0.717) is 5.75 Å². The van der Waals surface area contributed by atoms with Crippen molar-refractivity contribution in [3.05, 3.63) is 81.3 Å². The van der Waals surface area contributed by atoms with E-state index in [0.717, 1.165) is 27.6 Å². The Bertz CT molecular complexity index is 1430. The molecule has 0 unspecified atom stereocenters. The first-order chi connectivity index (χ1) is 16.4. The molecule has 0 saturated heterocycles. The molecule has 0 bridgehead atoms. The van der Waals surface area contributed by atoms with Crippen LogP contribution in [-0.2, 0) is 16.0 Å². The Hall–Kier alpha value is -4.05. The highest BCUT2D eigenvalue weighted by molar-refractivity contribution is 7.16. The van der Waals surface area contributed by atoms with E-state index in [1.807, 2.05) is 0 Å². The van der Waals surface area contributed by atoms with Crippen LogP contribution in [0.1, 0.15) is 23.0 Å². The average Bonchev–Trinajstić information content (AvgIpc) is 3.24. The van der Waals surface area contributed by atoms with Gasteiger partial charge in [-0.1, -0.05) is 18.2 Å². The Morgan fingerprint density at radius 3 is 2.62 bits per heavy atom. The fraction of sp³-hybridized carbons (Fsp3) is 0.167. The molecule has 0 radical (unpaired) electrons. The molecule has 0 fully saturated rings. The number of ether oxygens (including phenoxy) is 2. The predicted molar refractivity (Wildman–Crippen MR) is 126 cm³/mol. The topological polar surface area (TPSA) is 99.5 Å². The first-order valence-electron chi connectivity index (χ1n) is 10.3. The van der Waals surface area contributed by atoms with Gasteiger partial charge in [-0.3, -0.25) is 9.59 Å². The fourth-order valence-corrected chi connectivity index (χ4v) is 4.33. The van der Waals surface area contributed by atoms with Crippen LogP contribution in [0.15, 0.2) is 58.7 Å². The van der Waals surface area contributed by atoms with Crippen LogP contribution in [0.5, 0.6) is 5.75 Å². The first-order valence-corrected chi connectivity index (χ1v) is 11.2. The van der Waals surface area contributed by atoms with Crippen LogP contribution >= 0.6 is 11.3 Å². The molecule has 174 valence electrons. The minimum Gasteiger partial charge on any atom is -0.497 e. The number of anilines is 1. The lowest BCUT2D eigenvalue weighted by molar-refractivity contribution is -0.115. The number of fused-ring (bicyclic) bond motifs is 1. The zero-order valence-electron chi connectivity index (χ0n) is 18.3. The van der Waals surface area contributed by atoms with Gasteiger partial charge in [-0.05, 0) is 42.8 Å². The van der Waals surface area contributed by atoms with Crippen molar-refractivity contribution in [2.45, 2.75) is 13.3 Å². The summed E-state index contributed by atoms with van der Waals surface area (Å²) in [7, 11) is 1.56. The molecule has 0 spiro atoms. The summed E-state index contributed by atoms with van der Waals surface area (Å²) in [6, 6.07) is 12.3. The van der Waals surface area contributed by atoms with Gasteiger partial charge in [-0.25, -0.2) is 9.18 Å². The number of carbonyl (C=O) groups is 2. The minimum absolute atomic E-state index is 0.0668. The lowest BCUT2D eigenvalue weighted by atomic mass is 10.1. The molecular weight excluding hydrogens is 461 g/mol. The number of amides is 1. The summed E-state index contributed by atoms with van der Waals surface area (Å²) < 4.78 is 25.0. The van der Waals surface area contributed by atoms with Gasteiger partial charge in [0.15, 0.2) is 5.69 Å².